The van der Waals surface area contributed by atoms with Crippen LogP contribution >= 0.6 is 23.4 Å². The third-order valence-corrected chi connectivity index (χ3v) is 4.67. The van der Waals surface area contributed by atoms with Crippen LogP contribution in [0.3, 0.4) is 0 Å². The number of para-hydroxylation sites is 1. The summed E-state index contributed by atoms with van der Waals surface area (Å²) >= 11 is 7.40. The van der Waals surface area contributed by atoms with Crippen molar-refractivity contribution in [3.63, 3.8) is 0 Å². The molecule has 0 saturated carbocycles. The summed E-state index contributed by atoms with van der Waals surface area (Å²) in [6.07, 6.45) is 0. The number of hydrogen-bond acceptors (Lipinski definition) is 3. The van der Waals surface area contributed by atoms with Gasteiger partial charge in [0.15, 0.2) is 0 Å². The lowest BCUT2D eigenvalue weighted by Crippen LogP contribution is -2.13. The van der Waals surface area contributed by atoms with Gasteiger partial charge in [0.1, 0.15) is 5.82 Å². The van der Waals surface area contributed by atoms with E-state index in [1.165, 1.54) is 23.9 Å². The fourth-order valence-electron chi connectivity index (χ4n) is 1.81. The zero-order valence-corrected chi connectivity index (χ0v) is 13.9. The van der Waals surface area contributed by atoms with Crippen molar-refractivity contribution in [2.45, 2.75) is 11.8 Å². The molecule has 0 aromatic heterocycles. The van der Waals surface area contributed by atoms with Crippen LogP contribution in [-0.4, -0.2) is 11.7 Å². The Morgan fingerprint density at radius 3 is 2.83 bits per heavy atom. The first-order valence-corrected chi connectivity index (χ1v) is 8.25. The van der Waals surface area contributed by atoms with Gasteiger partial charge in [0.05, 0.1) is 28.3 Å². The van der Waals surface area contributed by atoms with Gasteiger partial charge in [0, 0.05) is 10.6 Å². The Morgan fingerprint density at radius 2 is 2.13 bits per heavy atom. The number of carbonyl (C=O) groups is 1. The van der Waals surface area contributed by atoms with Crippen molar-refractivity contribution in [2.75, 3.05) is 11.1 Å². The third kappa shape index (κ3) is 4.72. The number of thioether (sulfide) groups is 1. The largest absolute Gasteiger partial charge is 0.321 e. The zero-order chi connectivity index (χ0) is 16.8. The van der Waals surface area contributed by atoms with Gasteiger partial charge in [-0.25, -0.2) is 4.39 Å². The Bertz CT molecular complexity index is 760. The lowest BCUT2D eigenvalue weighted by Gasteiger charge is -2.12. The predicted octanol–water partition coefficient (Wildman–Crippen LogP) is 4.98. The number of benzene rings is 2. The van der Waals surface area contributed by atoms with Gasteiger partial charge in [-0.2, -0.15) is 5.26 Å². The van der Waals surface area contributed by atoms with Crippen LogP contribution in [0.2, 0.25) is 5.02 Å². The molecular weight excluding hydrogens is 335 g/mol. The van der Waals surface area contributed by atoms with Crippen LogP contribution in [0.25, 0.3) is 0 Å². The van der Waals surface area contributed by atoms with Crippen molar-refractivity contribution < 1.29 is 9.18 Å². The van der Waals surface area contributed by atoms with Crippen molar-refractivity contribution in [1.82, 2.24) is 0 Å². The molecule has 6 heteroatoms. The summed E-state index contributed by atoms with van der Waals surface area (Å²) in [5.74, 6) is -0.361. The van der Waals surface area contributed by atoms with Gasteiger partial charge in [-0.1, -0.05) is 23.7 Å². The molecule has 2 rings (SSSR count). The number of halogens is 2. The molecule has 23 heavy (non-hydrogen) atoms. The van der Waals surface area contributed by atoms with E-state index in [0.717, 1.165) is 11.0 Å². The molecule has 1 atom stereocenters. The lowest BCUT2D eigenvalue weighted by atomic mass is 10.2. The maximum atomic E-state index is 13.1. The highest BCUT2D eigenvalue weighted by molar-refractivity contribution is 7.99. The molecule has 2 aromatic rings. The minimum absolute atomic E-state index is 0.0609. The number of carbonyl (C=O) groups excluding carboxylic acids is 1. The van der Waals surface area contributed by atoms with Gasteiger partial charge in [-0.05, 0) is 37.3 Å². The van der Waals surface area contributed by atoms with Gasteiger partial charge in [0.25, 0.3) is 5.91 Å². The number of rotatable bonds is 5. The van der Waals surface area contributed by atoms with Crippen LogP contribution in [-0.2, 0) is 0 Å². The summed E-state index contributed by atoms with van der Waals surface area (Å²) < 4.78 is 13.1. The van der Waals surface area contributed by atoms with E-state index in [9.17, 15) is 9.18 Å². The van der Waals surface area contributed by atoms with E-state index in [1.54, 1.807) is 12.1 Å². The Balaban J connectivity index is 2.16. The molecule has 0 bridgehead atoms. The molecule has 0 spiro atoms. The highest BCUT2D eigenvalue weighted by Crippen LogP contribution is 2.29. The Labute approximate surface area is 143 Å². The van der Waals surface area contributed by atoms with Crippen LogP contribution in [0, 0.1) is 23.1 Å². The first-order valence-electron chi connectivity index (χ1n) is 6.89. The van der Waals surface area contributed by atoms with Crippen molar-refractivity contribution in [3.8, 4) is 6.07 Å². The summed E-state index contributed by atoms with van der Waals surface area (Å²) in [6, 6.07) is 13.1. The number of nitrogens with zero attached hydrogens (tertiary/aromatic N) is 1. The van der Waals surface area contributed by atoms with Crippen LogP contribution in [0.15, 0.2) is 47.4 Å². The quantitative estimate of drug-likeness (QED) is 0.775. The minimum Gasteiger partial charge on any atom is -0.321 e. The summed E-state index contributed by atoms with van der Waals surface area (Å²) in [7, 11) is 0. The Hall–Kier alpha value is -2.03. The SMILES string of the molecule is C[C@H](C#N)CSc1ccccc1NC(=O)c1ccc(F)cc1Cl. The molecule has 3 nitrogen and oxygen atoms in total. The fraction of sp³-hybridized carbons (Fsp3) is 0.176. The van der Waals surface area contributed by atoms with Crippen molar-refractivity contribution >= 4 is 35.0 Å². The molecule has 1 N–H and O–H groups in total. The first kappa shape index (κ1) is 17.3. The second kappa shape index (κ2) is 8.00. The van der Waals surface area contributed by atoms with E-state index in [1.807, 2.05) is 19.1 Å². The summed E-state index contributed by atoms with van der Waals surface area (Å²) in [4.78, 5) is 13.2. The zero-order valence-electron chi connectivity index (χ0n) is 12.3. The van der Waals surface area contributed by atoms with E-state index in [2.05, 4.69) is 11.4 Å². The van der Waals surface area contributed by atoms with Gasteiger partial charge < -0.3 is 5.32 Å². The second-order valence-electron chi connectivity index (χ2n) is 4.92. The molecule has 0 fully saturated rings. The molecule has 2 aromatic carbocycles. The molecule has 0 aliphatic rings. The highest BCUT2D eigenvalue weighted by Gasteiger charge is 2.13. The smallest absolute Gasteiger partial charge is 0.257 e. The number of nitriles is 1. The van der Waals surface area contributed by atoms with E-state index in [0.29, 0.717) is 11.4 Å². The molecule has 118 valence electrons. The standard InChI is InChI=1S/C17H14ClFN2OS/c1-11(9-20)10-23-16-5-3-2-4-15(16)21-17(22)13-7-6-12(19)8-14(13)18/h2-8,11H,10H2,1H3,(H,21,22)/t11-/m1/s1. The monoisotopic (exact) mass is 348 g/mol. The highest BCUT2D eigenvalue weighted by atomic mass is 35.5. The number of hydrogen-bond donors (Lipinski definition) is 1. The normalized spacial score (nSPS) is 11.6. The van der Waals surface area contributed by atoms with E-state index < -0.39 is 11.7 Å². The fourth-order valence-corrected chi connectivity index (χ4v) is 3.02. The van der Waals surface area contributed by atoms with Gasteiger partial charge in [-0.3, -0.25) is 4.79 Å². The van der Waals surface area contributed by atoms with Crippen molar-refractivity contribution in [3.05, 3.63) is 58.9 Å². The van der Waals surface area contributed by atoms with Crippen molar-refractivity contribution in [1.29, 1.82) is 5.26 Å². The van der Waals surface area contributed by atoms with Gasteiger partial charge in [0.2, 0.25) is 0 Å². The minimum atomic E-state index is -0.493. The molecule has 0 saturated heterocycles. The number of nitrogens with one attached hydrogen (secondary N) is 1. The molecular formula is C17H14ClFN2OS. The molecule has 0 unspecified atom stereocenters. The van der Waals surface area contributed by atoms with Gasteiger partial charge in [-0.15, -0.1) is 11.8 Å². The molecule has 0 heterocycles. The maximum absolute atomic E-state index is 13.1. The van der Waals surface area contributed by atoms with Gasteiger partial charge >= 0.3 is 0 Å². The summed E-state index contributed by atoms with van der Waals surface area (Å²) in [5.41, 5.74) is 0.839. The van der Waals surface area contributed by atoms with E-state index >= 15 is 0 Å². The molecule has 0 aliphatic heterocycles. The van der Waals surface area contributed by atoms with E-state index in [-0.39, 0.29) is 16.5 Å². The predicted molar refractivity (Wildman–Crippen MR) is 91.3 cm³/mol. The molecule has 1 amide bonds. The average molecular weight is 349 g/mol. The molecule has 0 radical (unpaired) electrons. The average Bonchev–Trinajstić information content (AvgIpc) is 2.53. The molecule has 0 aliphatic carbocycles. The van der Waals surface area contributed by atoms with Crippen LogP contribution in [0.1, 0.15) is 17.3 Å². The maximum Gasteiger partial charge on any atom is 0.257 e. The van der Waals surface area contributed by atoms with Crippen LogP contribution in [0.5, 0.6) is 0 Å². The summed E-state index contributed by atoms with van der Waals surface area (Å²) in [6.45, 7) is 1.84. The number of amides is 1. The third-order valence-electron chi connectivity index (χ3n) is 3.02. The van der Waals surface area contributed by atoms with Crippen molar-refractivity contribution in [2.24, 2.45) is 5.92 Å². The second-order valence-corrected chi connectivity index (χ2v) is 6.38. The topological polar surface area (TPSA) is 52.9 Å². The Kier molecular flexibility index (Phi) is 6.03. The number of anilines is 1. The van der Waals surface area contributed by atoms with Crippen LogP contribution in [0.4, 0.5) is 10.1 Å². The van der Waals surface area contributed by atoms with Crippen LogP contribution < -0.4 is 5.32 Å². The first-order chi connectivity index (χ1) is 11.0. The summed E-state index contributed by atoms with van der Waals surface area (Å²) in [5, 5.41) is 11.7. The van der Waals surface area contributed by atoms with E-state index in [4.69, 9.17) is 16.9 Å². The Morgan fingerprint density at radius 1 is 1.39 bits per heavy atom. The lowest BCUT2D eigenvalue weighted by molar-refractivity contribution is 0.102.